The summed E-state index contributed by atoms with van der Waals surface area (Å²) in [6.45, 7) is 0.779. The topological polar surface area (TPSA) is 172 Å². The third-order valence-corrected chi connectivity index (χ3v) is 7.01. The van der Waals surface area contributed by atoms with Crippen molar-refractivity contribution in [3.8, 4) is 0 Å². The fourth-order valence-electron chi connectivity index (χ4n) is 4.98. The molecule has 0 bridgehead atoms. The maximum Gasteiger partial charge on any atom is 0.331 e. The van der Waals surface area contributed by atoms with Crippen molar-refractivity contribution in [1.29, 1.82) is 0 Å². The Kier molecular flexibility index (Phi) is 7.90. The van der Waals surface area contributed by atoms with Crippen LogP contribution in [0.2, 0.25) is 0 Å². The molecule has 1 aliphatic carbocycles. The van der Waals surface area contributed by atoms with E-state index in [0.717, 1.165) is 5.56 Å². The molecule has 36 heavy (non-hydrogen) atoms. The van der Waals surface area contributed by atoms with Gasteiger partial charge < -0.3 is 44.5 Å². The molecule has 3 aliphatic rings. The van der Waals surface area contributed by atoms with E-state index in [4.69, 9.17) is 18.9 Å². The van der Waals surface area contributed by atoms with Gasteiger partial charge in [0.1, 0.15) is 42.4 Å². The highest BCUT2D eigenvalue weighted by molar-refractivity contribution is 5.87. The minimum absolute atomic E-state index is 0.102. The molecule has 0 spiro atoms. The van der Waals surface area contributed by atoms with Crippen molar-refractivity contribution < 1.29 is 54.1 Å². The zero-order valence-electron chi connectivity index (χ0n) is 19.5. The van der Waals surface area contributed by atoms with Crippen LogP contribution in [0.1, 0.15) is 18.9 Å². The van der Waals surface area contributed by atoms with Crippen molar-refractivity contribution in [2.24, 2.45) is 11.8 Å². The molecule has 10 unspecified atom stereocenters. The van der Waals surface area contributed by atoms with Crippen LogP contribution >= 0.6 is 0 Å². The Hall–Kier alpha value is -2.64. The molecule has 11 nitrogen and oxygen atoms in total. The summed E-state index contributed by atoms with van der Waals surface area (Å²) >= 11 is 0. The molecule has 1 aromatic rings. The van der Waals surface area contributed by atoms with E-state index in [9.17, 15) is 35.1 Å². The smallest absolute Gasteiger partial charge is 0.331 e. The van der Waals surface area contributed by atoms with Crippen molar-refractivity contribution in [2.45, 2.75) is 62.0 Å². The number of carbonyl (C=O) groups excluding carboxylic acids is 2. The first-order valence-electron chi connectivity index (χ1n) is 11.6. The SMILES string of the molecule is CC1(O)C(OC(=O)C=Cc2ccccc2)CC2C(C=O)=COC(OC3OC(CO)C(O)C(O)C3O)C21. The van der Waals surface area contributed by atoms with Crippen LogP contribution in [0.4, 0.5) is 0 Å². The molecule has 2 aliphatic heterocycles. The number of aldehydes is 1. The second kappa shape index (κ2) is 10.8. The first-order valence-corrected chi connectivity index (χ1v) is 11.6. The standard InChI is InChI=1S/C25H30O11/c1-25(32)17(35-18(28)8-7-13-5-3-2-4-6-13)9-15-14(10-26)12-33-23(19(15)25)36-24-22(31)21(30)20(29)16(11-27)34-24/h2-8,10,12,15-17,19-24,27,29-32H,9,11H2,1H3. The van der Waals surface area contributed by atoms with Gasteiger partial charge in [-0.1, -0.05) is 30.3 Å². The largest absolute Gasteiger partial charge is 0.472 e. The summed E-state index contributed by atoms with van der Waals surface area (Å²) in [5.74, 6) is -2.23. The van der Waals surface area contributed by atoms with Crippen LogP contribution in [0, 0.1) is 11.8 Å². The average Bonchev–Trinajstić information content (AvgIpc) is 3.14. The number of benzene rings is 1. The molecule has 2 heterocycles. The molecule has 1 saturated carbocycles. The normalized spacial score (nSPS) is 40.3. The summed E-state index contributed by atoms with van der Waals surface area (Å²) in [5.41, 5.74) is -0.705. The van der Waals surface area contributed by atoms with E-state index in [1.54, 1.807) is 6.08 Å². The third-order valence-electron chi connectivity index (χ3n) is 7.01. The predicted molar refractivity (Wildman–Crippen MR) is 121 cm³/mol. The Morgan fingerprint density at radius 3 is 2.53 bits per heavy atom. The number of hydrogen-bond acceptors (Lipinski definition) is 11. The van der Waals surface area contributed by atoms with Crippen molar-refractivity contribution in [1.82, 2.24) is 0 Å². The number of fused-ring (bicyclic) bond motifs is 1. The van der Waals surface area contributed by atoms with Crippen molar-refractivity contribution in [3.05, 3.63) is 53.8 Å². The first-order chi connectivity index (χ1) is 17.2. The highest BCUT2D eigenvalue weighted by Gasteiger charge is 2.60. The molecular formula is C25H30O11. The number of hydrogen-bond donors (Lipinski definition) is 5. The Bertz CT molecular complexity index is 989. The second-order valence-corrected chi connectivity index (χ2v) is 9.34. The molecule has 0 amide bonds. The van der Waals surface area contributed by atoms with Gasteiger partial charge >= 0.3 is 5.97 Å². The van der Waals surface area contributed by atoms with Gasteiger partial charge in [0.25, 0.3) is 0 Å². The minimum Gasteiger partial charge on any atom is -0.472 e. The first kappa shape index (κ1) is 26.4. The number of aliphatic hydroxyl groups excluding tert-OH is 4. The molecule has 0 radical (unpaired) electrons. The van der Waals surface area contributed by atoms with Crippen molar-refractivity contribution >= 4 is 18.3 Å². The van der Waals surface area contributed by atoms with Gasteiger partial charge in [0, 0.05) is 17.6 Å². The summed E-state index contributed by atoms with van der Waals surface area (Å²) < 4.78 is 22.2. The monoisotopic (exact) mass is 506 g/mol. The van der Waals surface area contributed by atoms with Crippen LogP contribution in [-0.4, -0.2) is 93.1 Å². The van der Waals surface area contributed by atoms with E-state index in [0.29, 0.717) is 6.29 Å². The van der Waals surface area contributed by atoms with E-state index in [-0.39, 0.29) is 12.0 Å². The number of ether oxygens (including phenoxy) is 4. The molecule has 1 aromatic carbocycles. The number of rotatable bonds is 7. The Morgan fingerprint density at radius 2 is 1.86 bits per heavy atom. The summed E-state index contributed by atoms with van der Waals surface area (Å²) in [4.78, 5) is 24.2. The van der Waals surface area contributed by atoms with Crippen LogP contribution in [0.25, 0.3) is 6.08 Å². The van der Waals surface area contributed by atoms with Crippen LogP contribution in [0.5, 0.6) is 0 Å². The summed E-state index contributed by atoms with van der Waals surface area (Å²) in [6.07, 6.45) is -5.31. The maximum absolute atomic E-state index is 12.5. The predicted octanol–water partition coefficient (Wildman–Crippen LogP) is -0.746. The van der Waals surface area contributed by atoms with Crippen molar-refractivity contribution in [2.75, 3.05) is 6.61 Å². The Labute approximate surface area is 207 Å². The van der Waals surface area contributed by atoms with Gasteiger partial charge in [-0.15, -0.1) is 0 Å². The lowest BCUT2D eigenvalue weighted by Gasteiger charge is -2.44. The zero-order chi connectivity index (χ0) is 26.0. The van der Waals surface area contributed by atoms with E-state index in [1.165, 1.54) is 19.3 Å². The lowest BCUT2D eigenvalue weighted by atomic mass is 9.81. The van der Waals surface area contributed by atoms with E-state index >= 15 is 0 Å². The number of allylic oxidation sites excluding steroid dienone is 1. The van der Waals surface area contributed by atoms with Gasteiger partial charge in [-0.3, -0.25) is 4.79 Å². The molecule has 2 fully saturated rings. The molecule has 5 N–H and O–H groups in total. The maximum atomic E-state index is 12.5. The van der Waals surface area contributed by atoms with Gasteiger partial charge in [0.2, 0.25) is 6.29 Å². The van der Waals surface area contributed by atoms with Crippen LogP contribution in [0.3, 0.4) is 0 Å². The Balaban J connectivity index is 1.51. The van der Waals surface area contributed by atoms with Crippen LogP contribution in [0.15, 0.2) is 48.2 Å². The van der Waals surface area contributed by atoms with E-state index in [1.807, 2.05) is 30.3 Å². The second-order valence-electron chi connectivity index (χ2n) is 9.34. The van der Waals surface area contributed by atoms with Gasteiger partial charge in [-0.2, -0.15) is 0 Å². The lowest BCUT2D eigenvalue weighted by molar-refractivity contribution is -0.347. The number of carbonyl (C=O) groups is 2. The third kappa shape index (κ3) is 5.09. The molecule has 196 valence electrons. The highest BCUT2D eigenvalue weighted by atomic mass is 16.8. The minimum atomic E-state index is -1.72. The van der Waals surface area contributed by atoms with E-state index < -0.39 is 73.1 Å². The molecule has 11 heteroatoms. The Morgan fingerprint density at radius 1 is 1.14 bits per heavy atom. The van der Waals surface area contributed by atoms with Gasteiger partial charge in [-0.25, -0.2) is 4.79 Å². The average molecular weight is 507 g/mol. The number of aliphatic hydroxyl groups is 5. The van der Waals surface area contributed by atoms with Crippen LogP contribution in [-0.2, 0) is 28.5 Å². The summed E-state index contributed by atoms with van der Waals surface area (Å²) in [5, 5.41) is 51.2. The molecule has 10 atom stereocenters. The fourth-order valence-corrected chi connectivity index (χ4v) is 4.98. The summed E-state index contributed by atoms with van der Waals surface area (Å²) in [7, 11) is 0. The zero-order valence-corrected chi connectivity index (χ0v) is 19.5. The van der Waals surface area contributed by atoms with Gasteiger partial charge in [0.05, 0.1) is 18.8 Å². The van der Waals surface area contributed by atoms with Crippen molar-refractivity contribution in [3.63, 3.8) is 0 Å². The highest BCUT2D eigenvalue weighted by Crippen LogP contribution is 2.50. The number of esters is 1. The molecule has 4 rings (SSSR count). The molecule has 1 saturated heterocycles. The van der Waals surface area contributed by atoms with Gasteiger partial charge in [-0.05, 0) is 25.0 Å². The van der Waals surface area contributed by atoms with E-state index in [2.05, 4.69) is 0 Å². The van der Waals surface area contributed by atoms with Gasteiger partial charge in [0.15, 0.2) is 6.29 Å². The molecular weight excluding hydrogens is 476 g/mol. The fraction of sp³-hybridized carbons (Fsp3) is 0.520. The summed E-state index contributed by atoms with van der Waals surface area (Å²) in [6, 6.07) is 9.10. The van der Waals surface area contributed by atoms with Crippen LogP contribution < -0.4 is 0 Å². The molecule has 0 aromatic heterocycles. The quantitative estimate of drug-likeness (QED) is 0.179. The lowest BCUT2D eigenvalue weighted by Crippen LogP contribution is -2.61.